The van der Waals surface area contributed by atoms with Crippen LogP contribution in [0.4, 0.5) is 0 Å². The Labute approximate surface area is 104 Å². The van der Waals surface area contributed by atoms with E-state index in [9.17, 15) is 0 Å². The molecule has 0 radical (unpaired) electrons. The molecule has 0 aliphatic heterocycles. The molecule has 17 heavy (non-hydrogen) atoms. The standard InChI is InChI=1S/C12H27N3O2/c1-4-11(9-12(13)15-16)14-7-5-6-8-17-10(2)3/h10-11,14,16H,4-9H2,1-3H3,(H2,13,15). The average molecular weight is 245 g/mol. The summed E-state index contributed by atoms with van der Waals surface area (Å²) in [5.74, 6) is 0.285. The predicted molar refractivity (Wildman–Crippen MR) is 70.4 cm³/mol. The minimum atomic E-state index is 0.285. The van der Waals surface area contributed by atoms with Gasteiger partial charge in [-0.25, -0.2) is 0 Å². The summed E-state index contributed by atoms with van der Waals surface area (Å²) in [6.07, 6.45) is 4.02. The fourth-order valence-electron chi connectivity index (χ4n) is 1.51. The molecule has 0 aromatic heterocycles. The normalized spacial score (nSPS) is 14.2. The van der Waals surface area contributed by atoms with Gasteiger partial charge in [-0.1, -0.05) is 12.1 Å². The molecule has 1 atom stereocenters. The highest BCUT2D eigenvalue weighted by Crippen LogP contribution is 1.99. The van der Waals surface area contributed by atoms with Gasteiger partial charge in [-0.2, -0.15) is 0 Å². The maximum Gasteiger partial charge on any atom is 0.140 e. The van der Waals surface area contributed by atoms with Crippen molar-refractivity contribution >= 4 is 5.84 Å². The number of hydrogen-bond acceptors (Lipinski definition) is 4. The van der Waals surface area contributed by atoms with Crippen molar-refractivity contribution in [1.29, 1.82) is 0 Å². The van der Waals surface area contributed by atoms with Crippen LogP contribution in [-0.4, -0.2) is 36.3 Å². The number of ether oxygens (including phenoxy) is 1. The van der Waals surface area contributed by atoms with E-state index >= 15 is 0 Å². The van der Waals surface area contributed by atoms with Crippen molar-refractivity contribution in [3.8, 4) is 0 Å². The number of oxime groups is 1. The van der Waals surface area contributed by atoms with E-state index in [4.69, 9.17) is 15.7 Å². The lowest BCUT2D eigenvalue weighted by atomic mass is 10.1. The lowest BCUT2D eigenvalue weighted by molar-refractivity contribution is 0.0759. The van der Waals surface area contributed by atoms with Gasteiger partial charge in [0.25, 0.3) is 0 Å². The SMILES string of the molecule is CCC(CC(N)=NO)NCCCCOC(C)C. The summed E-state index contributed by atoms with van der Waals surface area (Å²) in [7, 11) is 0. The molecule has 1 unspecified atom stereocenters. The van der Waals surface area contributed by atoms with Crippen molar-refractivity contribution in [1.82, 2.24) is 5.32 Å². The van der Waals surface area contributed by atoms with Crippen LogP contribution in [-0.2, 0) is 4.74 Å². The fraction of sp³-hybridized carbons (Fsp3) is 0.917. The molecule has 0 fully saturated rings. The Morgan fingerprint density at radius 1 is 1.41 bits per heavy atom. The van der Waals surface area contributed by atoms with Crippen molar-refractivity contribution in [2.24, 2.45) is 10.9 Å². The smallest absolute Gasteiger partial charge is 0.140 e. The summed E-state index contributed by atoms with van der Waals surface area (Å²) in [5, 5.41) is 14.9. The third kappa shape index (κ3) is 10.1. The molecule has 5 heteroatoms. The van der Waals surface area contributed by atoms with Crippen LogP contribution in [0.3, 0.4) is 0 Å². The zero-order valence-electron chi connectivity index (χ0n) is 11.3. The summed E-state index contributed by atoms with van der Waals surface area (Å²) in [6.45, 7) is 7.93. The van der Waals surface area contributed by atoms with Gasteiger partial charge in [0.1, 0.15) is 5.84 Å². The topological polar surface area (TPSA) is 79.9 Å². The Morgan fingerprint density at radius 3 is 2.65 bits per heavy atom. The Kier molecular flexibility index (Phi) is 9.86. The van der Waals surface area contributed by atoms with E-state index in [1.807, 2.05) is 13.8 Å². The summed E-state index contributed by atoms with van der Waals surface area (Å²) < 4.78 is 5.46. The molecule has 0 rings (SSSR count). The summed E-state index contributed by atoms with van der Waals surface area (Å²) in [4.78, 5) is 0. The average Bonchev–Trinajstić information content (AvgIpc) is 2.31. The lowest BCUT2D eigenvalue weighted by Crippen LogP contribution is -2.33. The van der Waals surface area contributed by atoms with E-state index in [1.54, 1.807) is 0 Å². The Morgan fingerprint density at radius 2 is 2.12 bits per heavy atom. The minimum Gasteiger partial charge on any atom is -0.409 e. The van der Waals surface area contributed by atoms with Crippen LogP contribution in [0.1, 0.15) is 46.5 Å². The maximum absolute atomic E-state index is 8.49. The van der Waals surface area contributed by atoms with Gasteiger partial charge < -0.3 is 21.0 Å². The first-order valence-electron chi connectivity index (χ1n) is 6.41. The molecule has 0 bridgehead atoms. The Bertz CT molecular complexity index is 208. The quantitative estimate of drug-likeness (QED) is 0.180. The molecule has 5 nitrogen and oxygen atoms in total. The van der Waals surface area contributed by atoms with Crippen molar-refractivity contribution in [3.05, 3.63) is 0 Å². The first-order valence-corrected chi connectivity index (χ1v) is 6.41. The third-order valence-corrected chi connectivity index (χ3v) is 2.53. The molecule has 0 saturated heterocycles. The van der Waals surface area contributed by atoms with Crippen LogP contribution < -0.4 is 11.1 Å². The highest BCUT2D eigenvalue weighted by Gasteiger charge is 2.07. The van der Waals surface area contributed by atoms with E-state index in [2.05, 4.69) is 17.4 Å². The molecule has 0 heterocycles. The summed E-state index contributed by atoms with van der Waals surface area (Å²) >= 11 is 0. The van der Waals surface area contributed by atoms with Crippen LogP contribution in [0.5, 0.6) is 0 Å². The van der Waals surface area contributed by atoms with E-state index in [-0.39, 0.29) is 11.9 Å². The van der Waals surface area contributed by atoms with E-state index in [0.29, 0.717) is 12.5 Å². The first-order chi connectivity index (χ1) is 8.10. The molecule has 0 aromatic rings. The second kappa shape index (κ2) is 10.4. The van der Waals surface area contributed by atoms with Crippen molar-refractivity contribution in [2.45, 2.75) is 58.6 Å². The predicted octanol–water partition coefficient (Wildman–Crippen LogP) is 1.70. The Balaban J connectivity index is 3.50. The monoisotopic (exact) mass is 245 g/mol. The molecule has 0 saturated carbocycles. The number of unbranched alkanes of at least 4 members (excludes halogenated alkanes) is 1. The van der Waals surface area contributed by atoms with Gasteiger partial charge in [-0.3, -0.25) is 0 Å². The first kappa shape index (κ1) is 16.2. The van der Waals surface area contributed by atoms with Crippen LogP contribution in [0.15, 0.2) is 5.16 Å². The van der Waals surface area contributed by atoms with Crippen LogP contribution in [0.25, 0.3) is 0 Å². The summed E-state index contributed by atoms with van der Waals surface area (Å²) in [6, 6.07) is 0.289. The molecule has 0 spiro atoms. The highest BCUT2D eigenvalue weighted by molar-refractivity contribution is 5.80. The van der Waals surface area contributed by atoms with Gasteiger partial charge in [0.2, 0.25) is 0 Å². The largest absolute Gasteiger partial charge is 0.409 e. The van der Waals surface area contributed by atoms with Gasteiger partial charge >= 0.3 is 0 Å². The molecule has 4 N–H and O–H groups in total. The van der Waals surface area contributed by atoms with Gasteiger partial charge in [-0.15, -0.1) is 0 Å². The van der Waals surface area contributed by atoms with Crippen molar-refractivity contribution < 1.29 is 9.94 Å². The zero-order chi connectivity index (χ0) is 13.1. The van der Waals surface area contributed by atoms with E-state index in [1.165, 1.54) is 0 Å². The number of nitrogens with two attached hydrogens (primary N) is 1. The number of rotatable bonds is 10. The second-order valence-corrected chi connectivity index (χ2v) is 4.48. The van der Waals surface area contributed by atoms with Crippen molar-refractivity contribution in [2.75, 3.05) is 13.2 Å². The molecular weight excluding hydrogens is 218 g/mol. The number of amidine groups is 1. The maximum atomic E-state index is 8.49. The highest BCUT2D eigenvalue weighted by atomic mass is 16.5. The van der Waals surface area contributed by atoms with Crippen molar-refractivity contribution in [3.63, 3.8) is 0 Å². The number of hydrogen-bond donors (Lipinski definition) is 3. The fourth-order valence-corrected chi connectivity index (χ4v) is 1.51. The Hall–Kier alpha value is -0.810. The second-order valence-electron chi connectivity index (χ2n) is 4.48. The van der Waals surface area contributed by atoms with E-state index in [0.717, 1.165) is 32.4 Å². The molecule has 102 valence electrons. The molecule has 0 amide bonds. The number of nitrogens with one attached hydrogen (secondary N) is 1. The molecule has 0 aromatic carbocycles. The molecular formula is C12H27N3O2. The number of nitrogens with zero attached hydrogens (tertiary/aromatic N) is 1. The van der Waals surface area contributed by atoms with E-state index < -0.39 is 0 Å². The summed E-state index contributed by atoms with van der Waals surface area (Å²) in [5.41, 5.74) is 5.47. The van der Waals surface area contributed by atoms with Gasteiger partial charge in [-0.05, 0) is 39.7 Å². The van der Waals surface area contributed by atoms with Gasteiger partial charge in [0.15, 0.2) is 0 Å². The van der Waals surface area contributed by atoms with Gasteiger partial charge in [0, 0.05) is 19.1 Å². The van der Waals surface area contributed by atoms with Crippen LogP contribution in [0.2, 0.25) is 0 Å². The molecule has 0 aliphatic carbocycles. The third-order valence-electron chi connectivity index (χ3n) is 2.53. The van der Waals surface area contributed by atoms with Crippen LogP contribution >= 0.6 is 0 Å². The zero-order valence-corrected chi connectivity index (χ0v) is 11.3. The van der Waals surface area contributed by atoms with Crippen LogP contribution in [0, 0.1) is 0 Å². The van der Waals surface area contributed by atoms with Gasteiger partial charge in [0.05, 0.1) is 6.10 Å². The lowest BCUT2D eigenvalue weighted by Gasteiger charge is -2.16. The molecule has 0 aliphatic rings. The minimum absolute atomic E-state index is 0.285.